The third-order valence-electron chi connectivity index (χ3n) is 4.67. The van der Waals surface area contributed by atoms with Crippen LogP contribution < -0.4 is 10.1 Å². The third kappa shape index (κ3) is 2.54. The second kappa shape index (κ2) is 5.37. The second-order valence-corrected chi connectivity index (χ2v) is 5.77. The van der Waals surface area contributed by atoms with Crippen LogP contribution in [0.25, 0.3) is 0 Å². The molecule has 3 heterocycles. The molecule has 4 heteroatoms. The van der Waals surface area contributed by atoms with Crippen molar-refractivity contribution in [3.63, 3.8) is 0 Å². The number of methoxy groups -OCH3 is 1. The summed E-state index contributed by atoms with van der Waals surface area (Å²) in [6.45, 7) is 0. The fraction of sp³-hybridized carbons (Fsp3) is 0.667. The standard InChI is InChI=1S/C15H23N3O/c1-18-12-5-3-6-13(18)10-11(9-12)17-15-14(19-2)7-4-8-16-15/h4,7-8,11-13H,3,5-6,9-10H2,1-2H3,(H,16,17). The summed E-state index contributed by atoms with van der Waals surface area (Å²) in [5, 5.41) is 3.59. The maximum Gasteiger partial charge on any atom is 0.168 e. The predicted octanol–water partition coefficient (Wildman–Crippen LogP) is 2.52. The molecule has 4 nitrogen and oxygen atoms in total. The van der Waals surface area contributed by atoms with Crippen LogP contribution in [0.4, 0.5) is 5.82 Å². The molecule has 19 heavy (non-hydrogen) atoms. The highest BCUT2D eigenvalue weighted by molar-refractivity contribution is 5.50. The molecule has 2 fully saturated rings. The Morgan fingerprint density at radius 1 is 1.32 bits per heavy atom. The lowest BCUT2D eigenvalue weighted by Crippen LogP contribution is -2.52. The topological polar surface area (TPSA) is 37.4 Å². The molecule has 1 aromatic heterocycles. The van der Waals surface area contributed by atoms with Gasteiger partial charge in [0.15, 0.2) is 11.6 Å². The number of nitrogens with zero attached hydrogens (tertiary/aromatic N) is 2. The minimum atomic E-state index is 0.523. The van der Waals surface area contributed by atoms with Crippen LogP contribution in [0.3, 0.4) is 0 Å². The van der Waals surface area contributed by atoms with E-state index in [1.54, 1.807) is 7.11 Å². The van der Waals surface area contributed by atoms with E-state index in [2.05, 4.69) is 22.2 Å². The van der Waals surface area contributed by atoms with Crippen molar-refractivity contribution in [2.24, 2.45) is 0 Å². The van der Waals surface area contributed by atoms with Crippen molar-refractivity contribution < 1.29 is 4.74 Å². The summed E-state index contributed by atoms with van der Waals surface area (Å²) in [5.74, 6) is 1.73. The fourth-order valence-electron chi connectivity index (χ4n) is 3.59. The van der Waals surface area contributed by atoms with Crippen LogP contribution in [0.15, 0.2) is 18.3 Å². The second-order valence-electron chi connectivity index (χ2n) is 5.77. The van der Waals surface area contributed by atoms with E-state index in [-0.39, 0.29) is 0 Å². The minimum absolute atomic E-state index is 0.523. The lowest BCUT2D eigenvalue weighted by Gasteiger charge is -2.47. The number of pyridine rings is 1. The van der Waals surface area contributed by atoms with Crippen molar-refractivity contribution in [1.82, 2.24) is 9.88 Å². The Balaban J connectivity index is 1.70. The Morgan fingerprint density at radius 2 is 2.05 bits per heavy atom. The van der Waals surface area contributed by atoms with E-state index in [0.717, 1.165) is 23.7 Å². The van der Waals surface area contributed by atoms with Crippen LogP contribution in [0.5, 0.6) is 5.75 Å². The van der Waals surface area contributed by atoms with Gasteiger partial charge in [0.1, 0.15) is 0 Å². The quantitative estimate of drug-likeness (QED) is 0.907. The first-order valence-corrected chi connectivity index (χ1v) is 7.25. The molecule has 104 valence electrons. The van der Waals surface area contributed by atoms with Crippen LogP contribution in [-0.2, 0) is 0 Å². The summed E-state index contributed by atoms with van der Waals surface area (Å²) < 4.78 is 5.37. The van der Waals surface area contributed by atoms with E-state index in [1.807, 2.05) is 18.3 Å². The smallest absolute Gasteiger partial charge is 0.168 e. The van der Waals surface area contributed by atoms with Crippen molar-refractivity contribution in [1.29, 1.82) is 0 Å². The average molecular weight is 261 g/mol. The first-order chi connectivity index (χ1) is 9.28. The monoisotopic (exact) mass is 261 g/mol. The maximum absolute atomic E-state index is 5.37. The zero-order valence-electron chi connectivity index (χ0n) is 11.8. The average Bonchev–Trinajstić information content (AvgIpc) is 2.40. The summed E-state index contributed by atoms with van der Waals surface area (Å²) >= 11 is 0. The number of rotatable bonds is 3. The van der Waals surface area contributed by atoms with Gasteiger partial charge in [-0.25, -0.2) is 4.98 Å². The van der Waals surface area contributed by atoms with Crippen molar-refractivity contribution in [2.75, 3.05) is 19.5 Å². The van der Waals surface area contributed by atoms with Gasteiger partial charge in [-0.1, -0.05) is 6.42 Å². The van der Waals surface area contributed by atoms with Gasteiger partial charge < -0.3 is 15.0 Å². The number of hydrogen-bond donors (Lipinski definition) is 1. The molecule has 0 amide bonds. The Morgan fingerprint density at radius 3 is 2.74 bits per heavy atom. The molecule has 0 aromatic carbocycles. The Bertz CT molecular complexity index is 423. The van der Waals surface area contributed by atoms with Gasteiger partial charge in [0, 0.05) is 24.3 Å². The molecule has 0 spiro atoms. The lowest BCUT2D eigenvalue weighted by molar-refractivity contribution is 0.0607. The van der Waals surface area contributed by atoms with E-state index >= 15 is 0 Å². The van der Waals surface area contributed by atoms with Crippen molar-refractivity contribution in [3.05, 3.63) is 18.3 Å². The molecule has 2 bridgehead atoms. The van der Waals surface area contributed by atoms with Gasteiger partial charge in [0.25, 0.3) is 0 Å². The number of nitrogens with one attached hydrogen (secondary N) is 1. The summed E-state index contributed by atoms with van der Waals surface area (Å²) in [6.07, 6.45) is 8.31. The predicted molar refractivity (Wildman–Crippen MR) is 76.6 cm³/mol. The molecule has 2 saturated heterocycles. The highest BCUT2D eigenvalue weighted by atomic mass is 16.5. The molecule has 0 saturated carbocycles. The molecule has 1 N–H and O–H groups in total. The largest absolute Gasteiger partial charge is 0.493 e. The fourth-order valence-corrected chi connectivity index (χ4v) is 3.59. The SMILES string of the molecule is COc1cccnc1NC1CC2CCCC(C1)N2C. The number of hydrogen-bond acceptors (Lipinski definition) is 4. The molecule has 2 atom stereocenters. The van der Waals surface area contributed by atoms with Gasteiger partial charge in [0.2, 0.25) is 0 Å². The van der Waals surface area contributed by atoms with E-state index in [1.165, 1.54) is 32.1 Å². The third-order valence-corrected chi connectivity index (χ3v) is 4.67. The summed E-state index contributed by atoms with van der Waals surface area (Å²) in [4.78, 5) is 6.99. The lowest BCUT2D eigenvalue weighted by atomic mass is 9.82. The zero-order valence-corrected chi connectivity index (χ0v) is 11.8. The number of anilines is 1. The van der Waals surface area contributed by atoms with E-state index in [4.69, 9.17) is 4.74 Å². The molecular weight excluding hydrogens is 238 g/mol. The Kier molecular flexibility index (Phi) is 3.60. The van der Waals surface area contributed by atoms with Crippen LogP contribution in [0.1, 0.15) is 32.1 Å². The van der Waals surface area contributed by atoms with Gasteiger partial charge in [0.05, 0.1) is 7.11 Å². The van der Waals surface area contributed by atoms with Crippen molar-refractivity contribution >= 4 is 5.82 Å². The van der Waals surface area contributed by atoms with Crippen LogP contribution >= 0.6 is 0 Å². The van der Waals surface area contributed by atoms with Gasteiger partial charge in [-0.2, -0.15) is 0 Å². The molecule has 3 rings (SSSR count). The van der Waals surface area contributed by atoms with Crippen molar-refractivity contribution in [2.45, 2.75) is 50.2 Å². The number of piperidine rings is 2. The minimum Gasteiger partial charge on any atom is -0.493 e. The highest BCUT2D eigenvalue weighted by Gasteiger charge is 2.36. The summed E-state index contributed by atoms with van der Waals surface area (Å²) in [6, 6.07) is 5.87. The Hall–Kier alpha value is -1.29. The number of fused-ring (bicyclic) bond motifs is 2. The van der Waals surface area contributed by atoms with Gasteiger partial charge in [-0.05, 0) is 44.9 Å². The van der Waals surface area contributed by atoms with Gasteiger partial charge in [-0.3, -0.25) is 0 Å². The molecular formula is C15H23N3O. The molecule has 2 aliphatic rings. The van der Waals surface area contributed by atoms with Gasteiger partial charge in [-0.15, -0.1) is 0 Å². The maximum atomic E-state index is 5.37. The van der Waals surface area contributed by atoms with Crippen molar-refractivity contribution in [3.8, 4) is 5.75 Å². The van der Waals surface area contributed by atoms with Crippen LogP contribution in [0, 0.1) is 0 Å². The summed E-state index contributed by atoms with van der Waals surface area (Å²) in [5.41, 5.74) is 0. The van der Waals surface area contributed by atoms with Crippen LogP contribution in [-0.4, -0.2) is 42.2 Å². The zero-order chi connectivity index (χ0) is 13.2. The van der Waals surface area contributed by atoms with E-state index in [0.29, 0.717) is 6.04 Å². The van der Waals surface area contributed by atoms with E-state index < -0.39 is 0 Å². The Labute approximate surface area is 115 Å². The number of aromatic nitrogens is 1. The number of ether oxygens (including phenoxy) is 1. The molecule has 0 aliphatic carbocycles. The first kappa shape index (κ1) is 12.7. The molecule has 0 radical (unpaired) electrons. The van der Waals surface area contributed by atoms with Crippen LogP contribution in [0.2, 0.25) is 0 Å². The molecule has 1 aromatic rings. The van der Waals surface area contributed by atoms with Gasteiger partial charge >= 0.3 is 0 Å². The summed E-state index contributed by atoms with van der Waals surface area (Å²) in [7, 11) is 3.98. The highest BCUT2D eigenvalue weighted by Crippen LogP contribution is 2.34. The molecule has 2 unspecified atom stereocenters. The molecule has 2 aliphatic heterocycles. The van der Waals surface area contributed by atoms with E-state index in [9.17, 15) is 0 Å². The first-order valence-electron chi connectivity index (χ1n) is 7.25. The normalized spacial score (nSPS) is 30.9.